The van der Waals surface area contributed by atoms with E-state index in [0.717, 1.165) is 25.7 Å². The summed E-state index contributed by atoms with van der Waals surface area (Å²) in [5, 5.41) is 2.53. The number of primary amides is 1. The number of aromatic nitrogens is 1. The van der Waals surface area contributed by atoms with Crippen LogP contribution in [-0.2, 0) is 9.59 Å². The van der Waals surface area contributed by atoms with Gasteiger partial charge in [0, 0.05) is 18.8 Å². The number of nitrogens with one attached hydrogen (secondary N) is 1. The molecule has 7 nitrogen and oxygen atoms in total. The van der Waals surface area contributed by atoms with Gasteiger partial charge in [0.05, 0.1) is 17.4 Å². The van der Waals surface area contributed by atoms with Crippen LogP contribution in [0.25, 0.3) is 0 Å². The third-order valence-corrected chi connectivity index (χ3v) is 5.14. The number of pyridine rings is 1. The smallest absolute Gasteiger partial charge is 0.313 e. The van der Waals surface area contributed by atoms with Crippen LogP contribution in [0.15, 0.2) is 18.5 Å². The predicted octanol–water partition coefficient (Wildman–Crippen LogP) is 1.16. The Kier molecular flexibility index (Phi) is 4.51. The Morgan fingerprint density at radius 1 is 1.33 bits per heavy atom. The average molecular weight is 330 g/mol. The molecule has 3 atom stereocenters. The second-order valence-corrected chi connectivity index (χ2v) is 6.65. The van der Waals surface area contributed by atoms with Crippen molar-refractivity contribution >= 4 is 23.4 Å². The Bertz CT molecular complexity index is 676. The zero-order chi connectivity index (χ0) is 17.3. The molecular formula is C17H22N4O3. The number of nitrogens with two attached hydrogens (primary N) is 1. The number of fused-ring (bicyclic) bond motifs is 2. The molecule has 3 amide bonds. The molecule has 2 fully saturated rings. The molecule has 0 radical (unpaired) electrons. The lowest BCUT2D eigenvalue weighted by Crippen LogP contribution is -2.52. The molecule has 0 aromatic carbocycles. The van der Waals surface area contributed by atoms with Gasteiger partial charge in [-0.25, -0.2) is 0 Å². The van der Waals surface area contributed by atoms with Crippen LogP contribution in [0.5, 0.6) is 0 Å². The van der Waals surface area contributed by atoms with E-state index in [9.17, 15) is 14.4 Å². The van der Waals surface area contributed by atoms with Crippen LogP contribution in [0.4, 0.5) is 5.69 Å². The predicted molar refractivity (Wildman–Crippen MR) is 88.0 cm³/mol. The van der Waals surface area contributed by atoms with Crippen LogP contribution in [0.2, 0.25) is 0 Å². The van der Waals surface area contributed by atoms with Crippen molar-refractivity contribution in [1.29, 1.82) is 0 Å². The molecule has 0 unspecified atom stereocenters. The summed E-state index contributed by atoms with van der Waals surface area (Å²) in [6.45, 7) is 2.71. The number of nitrogens with zero attached hydrogens (tertiary/aromatic N) is 2. The van der Waals surface area contributed by atoms with Gasteiger partial charge in [-0.1, -0.05) is 6.92 Å². The molecule has 2 heterocycles. The minimum absolute atomic E-state index is 0.136. The largest absolute Gasteiger partial charge is 0.366 e. The fraction of sp³-hybridized carbons (Fsp3) is 0.529. The minimum atomic E-state index is -0.696. The van der Waals surface area contributed by atoms with Gasteiger partial charge in [-0.3, -0.25) is 19.4 Å². The first-order chi connectivity index (χ1) is 11.5. The second kappa shape index (κ2) is 6.59. The topological polar surface area (TPSA) is 105 Å². The maximum Gasteiger partial charge on any atom is 0.313 e. The number of amides is 3. The molecule has 2 bridgehead atoms. The van der Waals surface area contributed by atoms with Gasteiger partial charge in [-0.15, -0.1) is 0 Å². The Morgan fingerprint density at radius 3 is 2.83 bits per heavy atom. The van der Waals surface area contributed by atoms with Gasteiger partial charge in [0.2, 0.25) is 5.91 Å². The number of carbonyl (C=O) groups is 3. The number of likely N-dealkylation sites (tertiary alicyclic amines) is 1. The summed E-state index contributed by atoms with van der Waals surface area (Å²) < 4.78 is 0. The van der Waals surface area contributed by atoms with E-state index in [-0.39, 0.29) is 17.3 Å². The lowest BCUT2D eigenvalue weighted by atomic mass is 9.89. The van der Waals surface area contributed by atoms with Crippen LogP contribution < -0.4 is 11.1 Å². The average Bonchev–Trinajstić information content (AvgIpc) is 2.96. The Labute approximate surface area is 140 Å². The van der Waals surface area contributed by atoms with E-state index in [1.807, 2.05) is 0 Å². The van der Waals surface area contributed by atoms with E-state index in [0.29, 0.717) is 18.4 Å². The highest BCUT2D eigenvalue weighted by atomic mass is 16.2. The summed E-state index contributed by atoms with van der Waals surface area (Å²) in [6.07, 6.45) is 6.99. The van der Waals surface area contributed by atoms with Gasteiger partial charge in [0.15, 0.2) is 0 Å². The number of carbonyl (C=O) groups excluding carboxylic acids is 3. The fourth-order valence-electron chi connectivity index (χ4n) is 4.04. The van der Waals surface area contributed by atoms with Gasteiger partial charge in [0.25, 0.3) is 0 Å². The van der Waals surface area contributed by atoms with Gasteiger partial charge in [0.1, 0.15) is 0 Å². The first kappa shape index (κ1) is 16.4. The summed E-state index contributed by atoms with van der Waals surface area (Å²) in [5.41, 5.74) is 5.67. The molecule has 24 heavy (non-hydrogen) atoms. The standard InChI is InChI=1S/C17H22N4O3/c1-2-14-11-4-3-10(5-11)9-21(14)17(24)16(23)20-13-6-12(15(18)22)7-19-8-13/h6-8,10-11,14H,2-5,9H2,1H3,(H2,18,22)(H,20,23)/t10-,11+,14+/m1/s1. The van der Waals surface area contributed by atoms with Crippen LogP contribution in [0.1, 0.15) is 43.0 Å². The van der Waals surface area contributed by atoms with E-state index >= 15 is 0 Å². The first-order valence-electron chi connectivity index (χ1n) is 8.36. The molecule has 1 aromatic heterocycles. The molecule has 7 heteroatoms. The molecule has 2 aliphatic rings. The van der Waals surface area contributed by atoms with Crippen LogP contribution in [-0.4, -0.2) is 40.2 Å². The van der Waals surface area contributed by atoms with Crippen molar-refractivity contribution in [3.63, 3.8) is 0 Å². The van der Waals surface area contributed by atoms with E-state index in [1.165, 1.54) is 18.5 Å². The summed E-state index contributed by atoms with van der Waals surface area (Å²) in [7, 11) is 0. The molecule has 3 rings (SSSR count). The molecule has 1 aromatic rings. The molecule has 3 N–H and O–H groups in total. The molecule has 1 saturated carbocycles. The van der Waals surface area contributed by atoms with Gasteiger partial charge in [-0.05, 0) is 43.6 Å². The Hall–Kier alpha value is -2.44. The van der Waals surface area contributed by atoms with E-state index < -0.39 is 17.7 Å². The molecule has 1 aliphatic heterocycles. The van der Waals surface area contributed by atoms with Crippen molar-refractivity contribution in [2.24, 2.45) is 17.6 Å². The Morgan fingerprint density at radius 2 is 2.12 bits per heavy atom. The van der Waals surface area contributed by atoms with Gasteiger partial charge < -0.3 is 16.0 Å². The molecule has 0 spiro atoms. The molecule has 1 saturated heterocycles. The monoisotopic (exact) mass is 330 g/mol. The summed E-state index contributed by atoms with van der Waals surface area (Å²) in [6, 6.07) is 1.55. The maximum absolute atomic E-state index is 12.6. The van der Waals surface area contributed by atoms with Crippen molar-refractivity contribution in [1.82, 2.24) is 9.88 Å². The fourth-order valence-corrected chi connectivity index (χ4v) is 4.04. The van der Waals surface area contributed by atoms with E-state index in [4.69, 9.17) is 5.73 Å². The normalized spacial score (nSPS) is 25.4. The molecular weight excluding hydrogens is 308 g/mol. The summed E-state index contributed by atoms with van der Waals surface area (Å²) >= 11 is 0. The van der Waals surface area contributed by atoms with Crippen molar-refractivity contribution < 1.29 is 14.4 Å². The zero-order valence-corrected chi connectivity index (χ0v) is 13.7. The highest BCUT2D eigenvalue weighted by Gasteiger charge is 2.42. The Balaban J connectivity index is 1.71. The van der Waals surface area contributed by atoms with Crippen molar-refractivity contribution in [3.8, 4) is 0 Å². The zero-order valence-electron chi connectivity index (χ0n) is 13.7. The lowest BCUT2D eigenvalue weighted by molar-refractivity contribution is -0.147. The maximum atomic E-state index is 12.6. The molecule has 1 aliphatic carbocycles. The van der Waals surface area contributed by atoms with Crippen LogP contribution in [0, 0.1) is 11.8 Å². The van der Waals surface area contributed by atoms with Crippen molar-refractivity contribution in [2.45, 2.75) is 38.6 Å². The minimum Gasteiger partial charge on any atom is -0.366 e. The number of rotatable bonds is 3. The van der Waals surface area contributed by atoms with Gasteiger partial charge in [-0.2, -0.15) is 0 Å². The van der Waals surface area contributed by atoms with Crippen molar-refractivity contribution in [3.05, 3.63) is 24.0 Å². The SMILES string of the molecule is CC[C@H]1[C@H]2CC[C@H](C2)CN1C(=O)C(=O)Nc1cncc(C(N)=O)c1. The molecule has 128 valence electrons. The quantitative estimate of drug-likeness (QED) is 0.811. The number of hydrogen-bond donors (Lipinski definition) is 2. The number of piperidine rings is 1. The number of anilines is 1. The van der Waals surface area contributed by atoms with Crippen LogP contribution in [0.3, 0.4) is 0 Å². The number of hydrogen-bond acceptors (Lipinski definition) is 4. The first-order valence-corrected chi connectivity index (χ1v) is 8.36. The van der Waals surface area contributed by atoms with E-state index in [1.54, 1.807) is 4.90 Å². The van der Waals surface area contributed by atoms with Crippen molar-refractivity contribution in [2.75, 3.05) is 11.9 Å². The second-order valence-electron chi connectivity index (χ2n) is 6.65. The summed E-state index contributed by atoms with van der Waals surface area (Å²) in [4.78, 5) is 41.7. The highest BCUT2D eigenvalue weighted by molar-refractivity contribution is 6.39. The third kappa shape index (κ3) is 3.11. The summed E-state index contributed by atoms with van der Waals surface area (Å²) in [5.74, 6) is -0.829. The van der Waals surface area contributed by atoms with Gasteiger partial charge >= 0.3 is 11.8 Å². The third-order valence-electron chi connectivity index (χ3n) is 5.14. The lowest BCUT2D eigenvalue weighted by Gasteiger charge is -2.39. The highest BCUT2D eigenvalue weighted by Crippen LogP contribution is 2.41. The van der Waals surface area contributed by atoms with Crippen LogP contribution >= 0.6 is 0 Å². The van der Waals surface area contributed by atoms with E-state index in [2.05, 4.69) is 17.2 Å².